The van der Waals surface area contributed by atoms with E-state index in [2.05, 4.69) is 20.2 Å². The van der Waals surface area contributed by atoms with Crippen LogP contribution in [0.2, 0.25) is 0 Å². The molecule has 29 heavy (non-hydrogen) atoms. The second-order valence-corrected chi connectivity index (χ2v) is 9.08. The first-order valence-electron chi connectivity index (χ1n) is 8.69. The number of aryl methyl sites for hydroxylation is 1. The molecule has 0 bridgehead atoms. The normalized spacial score (nSPS) is 11.5. The molecule has 1 aromatic carbocycles. The van der Waals surface area contributed by atoms with Gasteiger partial charge in [0, 0.05) is 5.69 Å². The zero-order chi connectivity index (χ0) is 20.9. The highest BCUT2D eigenvalue weighted by Crippen LogP contribution is 2.22. The van der Waals surface area contributed by atoms with Gasteiger partial charge in [-0.25, -0.2) is 13.1 Å². The van der Waals surface area contributed by atoms with Crippen molar-refractivity contribution >= 4 is 27.7 Å². The molecule has 0 spiro atoms. The Morgan fingerprint density at radius 3 is 2.59 bits per heavy atom. The van der Waals surface area contributed by atoms with Crippen LogP contribution in [0.3, 0.4) is 0 Å². The Hall–Kier alpha value is -2.63. The van der Waals surface area contributed by atoms with Crippen molar-refractivity contribution in [1.29, 1.82) is 0 Å². The fourth-order valence-corrected chi connectivity index (χ4v) is 3.63. The van der Waals surface area contributed by atoms with Gasteiger partial charge in [-0.05, 0) is 31.2 Å². The molecule has 0 saturated carbocycles. The van der Waals surface area contributed by atoms with Crippen LogP contribution < -0.4 is 10.0 Å². The van der Waals surface area contributed by atoms with Gasteiger partial charge >= 0.3 is 0 Å². The molecule has 0 aliphatic rings. The lowest BCUT2D eigenvalue weighted by Crippen LogP contribution is -2.24. The molecular weight excluding hydrogens is 414 g/mol. The van der Waals surface area contributed by atoms with Gasteiger partial charge in [-0.2, -0.15) is 0 Å². The van der Waals surface area contributed by atoms with Gasteiger partial charge in [-0.3, -0.25) is 9.36 Å². The Morgan fingerprint density at radius 1 is 1.17 bits per heavy atom. The summed E-state index contributed by atoms with van der Waals surface area (Å²) in [5, 5.41) is 11.5. The molecule has 0 fully saturated rings. The first kappa shape index (κ1) is 21.1. The minimum absolute atomic E-state index is 0.00897. The molecular formula is C18H21N5O4S2. The fourth-order valence-electron chi connectivity index (χ4n) is 2.44. The van der Waals surface area contributed by atoms with E-state index in [1.807, 2.05) is 31.2 Å². The third kappa shape index (κ3) is 6.17. The first-order chi connectivity index (χ1) is 13.8. The summed E-state index contributed by atoms with van der Waals surface area (Å²) in [5.74, 6) is 1.04. The molecule has 0 atom stereocenters. The molecule has 2 heterocycles. The lowest BCUT2D eigenvalue weighted by atomic mass is 10.2. The maximum atomic E-state index is 12.1. The second kappa shape index (κ2) is 9.25. The van der Waals surface area contributed by atoms with Crippen LogP contribution in [0.5, 0.6) is 0 Å². The molecule has 2 aromatic heterocycles. The predicted molar refractivity (Wildman–Crippen MR) is 109 cm³/mol. The van der Waals surface area contributed by atoms with E-state index < -0.39 is 10.0 Å². The summed E-state index contributed by atoms with van der Waals surface area (Å²) in [4.78, 5) is 12.1. The van der Waals surface area contributed by atoms with Crippen LogP contribution in [-0.4, -0.2) is 41.1 Å². The third-order valence-electron chi connectivity index (χ3n) is 3.86. The van der Waals surface area contributed by atoms with Crippen LogP contribution in [0.25, 0.3) is 5.69 Å². The minimum Gasteiger partial charge on any atom is -0.467 e. The van der Waals surface area contributed by atoms with E-state index >= 15 is 0 Å². The van der Waals surface area contributed by atoms with Crippen molar-refractivity contribution in [3.05, 3.63) is 59.8 Å². The molecule has 3 aromatic rings. The van der Waals surface area contributed by atoms with Crippen LogP contribution in [0.4, 0.5) is 0 Å². The second-order valence-electron chi connectivity index (χ2n) is 6.31. The maximum absolute atomic E-state index is 12.1. The molecule has 2 N–H and O–H groups in total. The van der Waals surface area contributed by atoms with Crippen LogP contribution in [-0.2, 0) is 27.9 Å². The summed E-state index contributed by atoms with van der Waals surface area (Å²) in [7, 11) is -3.38. The lowest BCUT2D eigenvalue weighted by molar-refractivity contribution is -0.118. The van der Waals surface area contributed by atoms with Gasteiger partial charge in [-0.15, -0.1) is 10.2 Å². The summed E-state index contributed by atoms with van der Waals surface area (Å²) < 4.78 is 32.3. The number of carbonyl (C=O) groups is 1. The maximum Gasteiger partial charge on any atom is 0.230 e. The predicted octanol–water partition coefficient (Wildman–Crippen LogP) is 1.63. The van der Waals surface area contributed by atoms with Gasteiger partial charge in [0.05, 0.1) is 31.4 Å². The van der Waals surface area contributed by atoms with Crippen molar-refractivity contribution in [1.82, 2.24) is 24.8 Å². The van der Waals surface area contributed by atoms with Gasteiger partial charge in [0.15, 0.2) is 11.0 Å². The molecule has 0 aliphatic carbocycles. The number of thioether (sulfide) groups is 1. The van der Waals surface area contributed by atoms with Gasteiger partial charge in [0.1, 0.15) is 5.76 Å². The summed E-state index contributed by atoms with van der Waals surface area (Å²) in [6, 6.07) is 11.2. The highest BCUT2D eigenvalue weighted by molar-refractivity contribution is 7.99. The molecule has 3 rings (SSSR count). The van der Waals surface area contributed by atoms with Crippen LogP contribution >= 0.6 is 11.8 Å². The Balaban J connectivity index is 1.73. The number of sulfonamides is 1. The smallest absolute Gasteiger partial charge is 0.230 e. The summed E-state index contributed by atoms with van der Waals surface area (Å²) in [5.41, 5.74) is 1.87. The lowest BCUT2D eigenvalue weighted by Gasteiger charge is -2.11. The first-order valence-corrected chi connectivity index (χ1v) is 11.6. The highest BCUT2D eigenvalue weighted by atomic mass is 32.2. The zero-order valence-electron chi connectivity index (χ0n) is 16.0. The van der Waals surface area contributed by atoms with Crippen LogP contribution in [0, 0.1) is 6.92 Å². The molecule has 0 aliphatic heterocycles. The summed E-state index contributed by atoms with van der Waals surface area (Å²) in [6.45, 7) is 2.27. The van der Waals surface area contributed by atoms with Crippen molar-refractivity contribution in [2.75, 3.05) is 12.0 Å². The summed E-state index contributed by atoms with van der Waals surface area (Å²) in [6.07, 6.45) is 2.63. The quantitative estimate of drug-likeness (QED) is 0.490. The average Bonchev–Trinajstić information content (AvgIpc) is 3.33. The number of carbonyl (C=O) groups excluding carboxylic acids is 1. The number of aromatic nitrogens is 3. The average molecular weight is 436 g/mol. The van der Waals surface area contributed by atoms with E-state index in [0.29, 0.717) is 23.3 Å². The molecule has 0 saturated heterocycles. The molecule has 154 valence electrons. The molecule has 9 nitrogen and oxygen atoms in total. The number of benzene rings is 1. The standard InChI is InChI=1S/C18H21N5O4S2/c1-13-5-7-14(8-6-13)23-16(11-20-29(2,25)26)21-22-18(23)28-12-17(24)19-10-15-4-3-9-27-15/h3-9,20H,10-12H2,1-2H3,(H,19,24). The Kier molecular flexibility index (Phi) is 6.72. The van der Waals surface area contributed by atoms with Gasteiger partial charge in [-0.1, -0.05) is 29.5 Å². The number of nitrogens with zero attached hydrogens (tertiary/aromatic N) is 3. The van der Waals surface area contributed by atoms with Gasteiger partial charge in [0.25, 0.3) is 0 Å². The number of hydrogen-bond donors (Lipinski definition) is 2. The van der Waals surface area contributed by atoms with Crippen LogP contribution in [0.1, 0.15) is 17.1 Å². The number of hydrogen-bond acceptors (Lipinski definition) is 7. The Labute approximate surface area is 173 Å². The van der Waals surface area contributed by atoms with E-state index in [1.165, 1.54) is 11.8 Å². The van der Waals surface area contributed by atoms with Crippen molar-refractivity contribution in [3.63, 3.8) is 0 Å². The minimum atomic E-state index is -3.38. The van der Waals surface area contributed by atoms with Crippen molar-refractivity contribution in [2.24, 2.45) is 0 Å². The highest BCUT2D eigenvalue weighted by Gasteiger charge is 2.17. The van der Waals surface area contributed by atoms with E-state index in [0.717, 1.165) is 17.5 Å². The number of nitrogens with one attached hydrogen (secondary N) is 2. The molecule has 0 unspecified atom stereocenters. The SMILES string of the molecule is Cc1ccc(-n2c(CNS(C)(=O)=O)nnc2SCC(=O)NCc2ccco2)cc1. The van der Waals surface area contributed by atoms with E-state index in [-0.39, 0.29) is 18.2 Å². The Morgan fingerprint density at radius 2 is 1.93 bits per heavy atom. The van der Waals surface area contributed by atoms with Crippen molar-refractivity contribution < 1.29 is 17.6 Å². The fraction of sp³-hybridized carbons (Fsp3) is 0.278. The van der Waals surface area contributed by atoms with Crippen molar-refractivity contribution in [3.8, 4) is 5.69 Å². The van der Waals surface area contributed by atoms with E-state index in [1.54, 1.807) is 23.0 Å². The molecule has 0 radical (unpaired) electrons. The number of rotatable bonds is 9. The van der Waals surface area contributed by atoms with Crippen molar-refractivity contribution in [2.45, 2.75) is 25.2 Å². The third-order valence-corrected chi connectivity index (χ3v) is 5.45. The molecule has 1 amide bonds. The monoisotopic (exact) mass is 435 g/mol. The number of furan rings is 1. The van der Waals surface area contributed by atoms with Gasteiger partial charge < -0.3 is 9.73 Å². The number of amides is 1. The summed E-state index contributed by atoms with van der Waals surface area (Å²) >= 11 is 1.22. The molecule has 11 heteroatoms. The van der Waals surface area contributed by atoms with E-state index in [9.17, 15) is 13.2 Å². The van der Waals surface area contributed by atoms with E-state index in [4.69, 9.17) is 4.42 Å². The Bertz CT molecular complexity index is 1060. The zero-order valence-corrected chi connectivity index (χ0v) is 17.6. The van der Waals surface area contributed by atoms with Crippen LogP contribution in [0.15, 0.2) is 52.2 Å². The largest absolute Gasteiger partial charge is 0.467 e. The topological polar surface area (TPSA) is 119 Å². The van der Waals surface area contributed by atoms with Gasteiger partial charge in [0.2, 0.25) is 15.9 Å².